The van der Waals surface area contributed by atoms with Crippen molar-refractivity contribution in [3.8, 4) is 0 Å². The molecule has 2 N–H and O–H groups in total. The van der Waals surface area contributed by atoms with E-state index in [2.05, 4.69) is 44.7 Å². The lowest BCUT2D eigenvalue weighted by Crippen LogP contribution is -2.42. The molecule has 3 rings (SSSR count). The molecule has 1 amide bonds. The molecular formula is C17H22N4O. The molecule has 0 radical (unpaired) electrons. The SMILES string of the molecule is O=C(NCc1ccn[nH]1)[C@@H]1CCCN(Cc2ccccc2)C1. The summed E-state index contributed by atoms with van der Waals surface area (Å²) in [6, 6.07) is 12.3. The highest BCUT2D eigenvalue weighted by molar-refractivity contribution is 5.78. The van der Waals surface area contributed by atoms with E-state index in [0.29, 0.717) is 6.54 Å². The molecule has 1 aliphatic heterocycles. The number of benzene rings is 1. The highest BCUT2D eigenvalue weighted by Gasteiger charge is 2.25. The Kier molecular flexibility index (Phi) is 4.85. The molecule has 1 atom stereocenters. The van der Waals surface area contributed by atoms with Crippen molar-refractivity contribution in [2.75, 3.05) is 13.1 Å². The maximum absolute atomic E-state index is 12.3. The number of hydrogen-bond donors (Lipinski definition) is 2. The van der Waals surface area contributed by atoms with Gasteiger partial charge in [-0.1, -0.05) is 30.3 Å². The minimum Gasteiger partial charge on any atom is -0.350 e. The lowest BCUT2D eigenvalue weighted by atomic mass is 9.96. The van der Waals surface area contributed by atoms with Gasteiger partial charge in [0.05, 0.1) is 18.2 Å². The third kappa shape index (κ3) is 3.95. The minimum atomic E-state index is 0.0837. The van der Waals surface area contributed by atoms with Crippen LogP contribution < -0.4 is 5.32 Å². The molecule has 0 bridgehead atoms. The Labute approximate surface area is 130 Å². The number of carbonyl (C=O) groups excluding carboxylic acids is 1. The van der Waals surface area contributed by atoms with Crippen molar-refractivity contribution in [2.24, 2.45) is 5.92 Å². The van der Waals surface area contributed by atoms with Crippen LogP contribution in [0.4, 0.5) is 0 Å². The fourth-order valence-corrected chi connectivity index (χ4v) is 2.96. The van der Waals surface area contributed by atoms with E-state index in [1.165, 1.54) is 5.56 Å². The topological polar surface area (TPSA) is 61.0 Å². The second-order valence-electron chi connectivity index (χ2n) is 5.86. The van der Waals surface area contributed by atoms with E-state index in [1.54, 1.807) is 6.20 Å². The van der Waals surface area contributed by atoms with Crippen molar-refractivity contribution >= 4 is 5.91 Å². The average molecular weight is 298 g/mol. The standard InChI is InChI=1S/C17H22N4O/c22-17(18-11-16-8-9-19-20-16)15-7-4-10-21(13-15)12-14-5-2-1-3-6-14/h1-3,5-6,8-9,15H,4,7,10-13H2,(H,18,22)(H,19,20)/t15-/m1/s1. The summed E-state index contributed by atoms with van der Waals surface area (Å²) in [5.41, 5.74) is 2.24. The molecule has 1 aromatic heterocycles. The number of aromatic amines is 1. The largest absolute Gasteiger partial charge is 0.350 e. The number of aromatic nitrogens is 2. The predicted molar refractivity (Wildman–Crippen MR) is 84.9 cm³/mol. The molecule has 116 valence electrons. The molecule has 0 unspecified atom stereocenters. The Bertz CT molecular complexity index is 582. The molecule has 0 spiro atoms. The fraction of sp³-hybridized carbons (Fsp3) is 0.412. The summed E-state index contributed by atoms with van der Waals surface area (Å²) in [7, 11) is 0. The lowest BCUT2D eigenvalue weighted by molar-refractivity contribution is -0.127. The molecule has 22 heavy (non-hydrogen) atoms. The van der Waals surface area contributed by atoms with Gasteiger partial charge in [-0.15, -0.1) is 0 Å². The highest BCUT2D eigenvalue weighted by atomic mass is 16.1. The van der Waals surface area contributed by atoms with Crippen molar-refractivity contribution in [2.45, 2.75) is 25.9 Å². The number of H-pyrrole nitrogens is 1. The number of amides is 1. The molecular weight excluding hydrogens is 276 g/mol. The van der Waals surface area contributed by atoms with Crippen molar-refractivity contribution in [1.29, 1.82) is 0 Å². The first kappa shape index (κ1) is 14.8. The Morgan fingerprint density at radius 2 is 2.18 bits per heavy atom. The van der Waals surface area contributed by atoms with Crippen molar-refractivity contribution in [3.63, 3.8) is 0 Å². The van der Waals surface area contributed by atoms with E-state index in [9.17, 15) is 4.79 Å². The maximum atomic E-state index is 12.3. The van der Waals surface area contributed by atoms with Gasteiger partial charge in [-0.2, -0.15) is 5.10 Å². The van der Waals surface area contributed by atoms with Crippen LogP contribution in [0.15, 0.2) is 42.6 Å². The summed E-state index contributed by atoms with van der Waals surface area (Å²) >= 11 is 0. The van der Waals surface area contributed by atoms with Gasteiger partial charge in [0.15, 0.2) is 0 Å². The van der Waals surface area contributed by atoms with Crippen LogP contribution in [0.3, 0.4) is 0 Å². The van der Waals surface area contributed by atoms with Gasteiger partial charge in [-0.05, 0) is 31.0 Å². The van der Waals surface area contributed by atoms with E-state index in [0.717, 1.165) is 38.2 Å². The normalized spacial score (nSPS) is 19.0. The summed E-state index contributed by atoms with van der Waals surface area (Å²) in [4.78, 5) is 14.7. The highest BCUT2D eigenvalue weighted by Crippen LogP contribution is 2.18. The number of nitrogens with one attached hydrogen (secondary N) is 2. The molecule has 1 fully saturated rings. The van der Waals surface area contributed by atoms with Crippen molar-refractivity contribution in [3.05, 3.63) is 53.9 Å². The number of carbonyl (C=O) groups is 1. The molecule has 2 aromatic rings. The van der Waals surface area contributed by atoms with Crippen LogP contribution in [0.5, 0.6) is 0 Å². The summed E-state index contributed by atoms with van der Waals surface area (Å²) in [6.07, 6.45) is 3.75. The molecule has 5 nitrogen and oxygen atoms in total. The van der Waals surface area contributed by atoms with Gasteiger partial charge in [0.1, 0.15) is 0 Å². The van der Waals surface area contributed by atoms with Crippen LogP contribution in [0.2, 0.25) is 0 Å². The minimum absolute atomic E-state index is 0.0837. The predicted octanol–water partition coefficient (Wildman–Crippen LogP) is 1.94. The summed E-state index contributed by atoms with van der Waals surface area (Å²) in [5.74, 6) is 0.229. The summed E-state index contributed by atoms with van der Waals surface area (Å²) in [6.45, 7) is 3.35. The molecule has 1 aromatic carbocycles. The Morgan fingerprint density at radius 3 is 2.95 bits per heavy atom. The molecule has 0 saturated carbocycles. The lowest BCUT2D eigenvalue weighted by Gasteiger charge is -2.32. The zero-order chi connectivity index (χ0) is 15.2. The molecule has 5 heteroatoms. The van der Waals surface area contributed by atoms with Gasteiger partial charge in [0.25, 0.3) is 0 Å². The zero-order valence-corrected chi connectivity index (χ0v) is 12.7. The van der Waals surface area contributed by atoms with Crippen LogP contribution in [0.1, 0.15) is 24.1 Å². The second-order valence-corrected chi connectivity index (χ2v) is 5.86. The molecule has 2 heterocycles. The summed E-state index contributed by atoms with van der Waals surface area (Å²) in [5, 5.41) is 9.75. The van der Waals surface area contributed by atoms with Crippen molar-refractivity contribution in [1.82, 2.24) is 20.4 Å². The maximum Gasteiger partial charge on any atom is 0.224 e. The van der Waals surface area contributed by atoms with Gasteiger partial charge in [0.2, 0.25) is 5.91 Å². The Hall–Kier alpha value is -2.14. The average Bonchev–Trinajstić information content (AvgIpc) is 3.07. The monoisotopic (exact) mass is 298 g/mol. The van der Waals surface area contributed by atoms with Gasteiger partial charge < -0.3 is 5.32 Å². The van der Waals surface area contributed by atoms with E-state index in [1.807, 2.05) is 12.1 Å². The van der Waals surface area contributed by atoms with E-state index >= 15 is 0 Å². The fourth-order valence-electron chi connectivity index (χ4n) is 2.96. The third-order valence-corrected chi connectivity index (χ3v) is 4.14. The van der Waals surface area contributed by atoms with Crippen LogP contribution >= 0.6 is 0 Å². The van der Waals surface area contributed by atoms with Gasteiger partial charge in [0, 0.05) is 19.3 Å². The zero-order valence-electron chi connectivity index (χ0n) is 12.7. The first-order valence-corrected chi connectivity index (χ1v) is 7.83. The summed E-state index contributed by atoms with van der Waals surface area (Å²) < 4.78 is 0. The van der Waals surface area contributed by atoms with Crippen LogP contribution in [0.25, 0.3) is 0 Å². The number of nitrogens with zero attached hydrogens (tertiary/aromatic N) is 2. The number of hydrogen-bond acceptors (Lipinski definition) is 3. The number of piperidine rings is 1. The quantitative estimate of drug-likeness (QED) is 0.887. The van der Waals surface area contributed by atoms with Gasteiger partial charge >= 0.3 is 0 Å². The van der Waals surface area contributed by atoms with Crippen LogP contribution in [0, 0.1) is 5.92 Å². The van der Waals surface area contributed by atoms with Gasteiger partial charge in [-0.25, -0.2) is 0 Å². The molecule has 1 saturated heterocycles. The Morgan fingerprint density at radius 1 is 1.32 bits per heavy atom. The Balaban J connectivity index is 1.50. The number of rotatable bonds is 5. The molecule has 0 aliphatic carbocycles. The first-order valence-electron chi connectivity index (χ1n) is 7.83. The van der Waals surface area contributed by atoms with Crippen molar-refractivity contribution < 1.29 is 4.79 Å². The van der Waals surface area contributed by atoms with Crippen LogP contribution in [-0.4, -0.2) is 34.1 Å². The third-order valence-electron chi connectivity index (χ3n) is 4.14. The first-order chi connectivity index (χ1) is 10.8. The van der Waals surface area contributed by atoms with E-state index < -0.39 is 0 Å². The van der Waals surface area contributed by atoms with E-state index in [-0.39, 0.29) is 11.8 Å². The van der Waals surface area contributed by atoms with Crippen LogP contribution in [-0.2, 0) is 17.9 Å². The number of likely N-dealkylation sites (tertiary alicyclic amines) is 1. The van der Waals surface area contributed by atoms with Gasteiger partial charge in [-0.3, -0.25) is 14.8 Å². The second kappa shape index (κ2) is 7.22. The van der Waals surface area contributed by atoms with E-state index in [4.69, 9.17) is 0 Å². The smallest absolute Gasteiger partial charge is 0.224 e. The molecule has 1 aliphatic rings.